The summed E-state index contributed by atoms with van der Waals surface area (Å²) in [5.41, 5.74) is 8.72. The number of allylic oxidation sites excluding steroid dienone is 2. The van der Waals surface area contributed by atoms with Gasteiger partial charge in [-0.2, -0.15) is 0 Å². The SMILES string of the molecule is Cc1ccc2c(c1)c1cc(C3=CC4c5ccccc5OC4C=C3)ccc1n2-c1ccccc1. The van der Waals surface area contributed by atoms with Crippen LogP contribution in [0, 0.1) is 6.92 Å². The van der Waals surface area contributed by atoms with Crippen molar-refractivity contribution in [3.8, 4) is 11.4 Å². The molecule has 0 N–H and O–H groups in total. The Morgan fingerprint density at radius 3 is 2.39 bits per heavy atom. The molecule has 158 valence electrons. The third kappa shape index (κ3) is 2.81. The third-order valence-electron chi connectivity index (χ3n) is 6.99. The molecule has 0 bridgehead atoms. The van der Waals surface area contributed by atoms with Gasteiger partial charge in [0.15, 0.2) is 0 Å². The number of ether oxygens (including phenoxy) is 1. The van der Waals surface area contributed by atoms with Gasteiger partial charge in [-0.05, 0) is 66.6 Å². The highest BCUT2D eigenvalue weighted by Crippen LogP contribution is 2.44. The lowest BCUT2D eigenvalue weighted by atomic mass is 9.87. The molecule has 0 spiro atoms. The minimum atomic E-state index is 0.0949. The fourth-order valence-corrected chi connectivity index (χ4v) is 5.42. The highest BCUT2D eigenvalue weighted by atomic mass is 16.5. The molecule has 1 aliphatic heterocycles. The van der Waals surface area contributed by atoms with Crippen LogP contribution in [0.5, 0.6) is 5.75 Å². The van der Waals surface area contributed by atoms with Gasteiger partial charge >= 0.3 is 0 Å². The Balaban J connectivity index is 1.42. The normalized spacial score (nSPS) is 18.8. The average Bonchev–Trinajstić information content (AvgIpc) is 3.39. The number of aryl methyl sites for hydroxylation is 1. The molecule has 4 aromatic carbocycles. The zero-order chi connectivity index (χ0) is 21.9. The summed E-state index contributed by atoms with van der Waals surface area (Å²) < 4.78 is 8.52. The van der Waals surface area contributed by atoms with Crippen molar-refractivity contribution in [3.05, 3.63) is 126 Å². The van der Waals surface area contributed by atoms with E-state index in [2.05, 4.69) is 115 Å². The Morgan fingerprint density at radius 2 is 1.52 bits per heavy atom. The van der Waals surface area contributed by atoms with Crippen molar-refractivity contribution in [2.45, 2.75) is 18.9 Å². The lowest BCUT2D eigenvalue weighted by Crippen LogP contribution is -2.16. The topological polar surface area (TPSA) is 14.2 Å². The van der Waals surface area contributed by atoms with Crippen molar-refractivity contribution < 1.29 is 4.74 Å². The smallest absolute Gasteiger partial charge is 0.128 e. The van der Waals surface area contributed by atoms with Crippen LogP contribution < -0.4 is 4.74 Å². The molecule has 2 heterocycles. The van der Waals surface area contributed by atoms with Crippen molar-refractivity contribution in [2.24, 2.45) is 0 Å². The lowest BCUT2D eigenvalue weighted by molar-refractivity contribution is 0.269. The van der Waals surface area contributed by atoms with Crippen LogP contribution in [-0.4, -0.2) is 10.7 Å². The van der Waals surface area contributed by atoms with Crippen molar-refractivity contribution in [3.63, 3.8) is 0 Å². The maximum atomic E-state index is 6.15. The first kappa shape index (κ1) is 18.5. The van der Waals surface area contributed by atoms with E-state index in [0.29, 0.717) is 0 Å². The number of hydrogen-bond donors (Lipinski definition) is 0. The third-order valence-corrected chi connectivity index (χ3v) is 6.99. The molecule has 2 heteroatoms. The number of rotatable bonds is 2. The van der Waals surface area contributed by atoms with Gasteiger partial charge in [0.2, 0.25) is 0 Å². The molecular weight excluding hydrogens is 402 g/mol. The van der Waals surface area contributed by atoms with Crippen molar-refractivity contribution in [1.82, 2.24) is 4.57 Å². The van der Waals surface area contributed by atoms with Crippen LogP contribution in [0.2, 0.25) is 0 Å². The predicted octanol–water partition coefficient (Wildman–Crippen LogP) is 7.59. The molecule has 0 saturated carbocycles. The van der Waals surface area contributed by atoms with Crippen LogP contribution in [0.3, 0.4) is 0 Å². The van der Waals surface area contributed by atoms with Crippen LogP contribution in [0.4, 0.5) is 0 Å². The number of nitrogens with zero attached hydrogens (tertiary/aromatic N) is 1. The van der Waals surface area contributed by atoms with Crippen LogP contribution in [0.25, 0.3) is 33.1 Å². The van der Waals surface area contributed by atoms with E-state index in [-0.39, 0.29) is 12.0 Å². The van der Waals surface area contributed by atoms with Crippen molar-refractivity contribution in [1.29, 1.82) is 0 Å². The summed E-state index contributed by atoms with van der Waals surface area (Å²) in [5.74, 6) is 1.27. The number of hydrogen-bond acceptors (Lipinski definition) is 1. The second kappa shape index (κ2) is 6.98. The van der Waals surface area contributed by atoms with Gasteiger partial charge < -0.3 is 9.30 Å². The molecule has 5 aromatic rings. The number of para-hydroxylation sites is 2. The maximum Gasteiger partial charge on any atom is 0.128 e. The zero-order valence-electron chi connectivity index (χ0n) is 18.4. The van der Waals surface area contributed by atoms with Crippen LogP contribution in [0.15, 0.2) is 109 Å². The van der Waals surface area contributed by atoms with Crippen molar-refractivity contribution in [2.75, 3.05) is 0 Å². The van der Waals surface area contributed by atoms with E-state index in [1.165, 1.54) is 49.8 Å². The van der Waals surface area contributed by atoms with Gasteiger partial charge in [-0.15, -0.1) is 0 Å². The molecule has 2 unspecified atom stereocenters. The minimum absolute atomic E-state index is 0.0949. The molecular formula is C31H23NO. The largest absolute Gasteiger partial charge is 0.485 e. The zero-order valence-corrected chi connectivity index (χ0v) is 18.4. The number of aromatic nitrogens is 1. The summed E-state index contributed by atoms with van der Waals surface area (Å²) >= 11 is 0. The van der Waals surface area contributed by atoms with Crippen LogP contribution >= 0.6 is 0 Å². The standard InChI is InChI=1S/C31H23NO/c1-20-11-14-28-25(17-20)26-18-21(12-15-29(26)32(28)23-7-3-2-4-8-23)22-13-16-31-27(19-22)24-9-5-6-10-30(24)33-31/h2-19,27,31H,1H3. The summed E-state index contributed by atoms with van der Waals surface area (Å²) in [6.07, 6.45) is 6.90. The minimum Gasteiger partial charge on any atom is -0.485 e. The van der Waals surface area contributed by atoms with Gasteiger partial charge in [0.25, 0.3) is 0 Å². The predicted molar refractivity (Wildman–Crippen MR) is 136 cm³/mol. The van der Waals surface area contributed by atoms with Gasteiger partial charge in [-0.3, -0.25) is 0 Å². The first-order valence-electron chi connectivity index (χ1n) is 11.5. The van der Waals surface area contributed by atoms with Gasteiger partial charge in [0.1, 0.15) is 11.9 Å². The Labute approximate surface area is 193 Å². The maximum absolute atomic E-state index is 6.15. The Hall–Kier alpha value is -4.04. The highest BCUT2D eigenvalue weighted by Gasteiger charge is 2.33. The van der Waals surface area contributed by atoms with Crippen LogP contribution in [-0.2, 0) is 0 Å². The van der Waals surface area contributed by atoms with E-state index < -0.39 is 0 Å². The second-order valence-corrected chi connectivity index (χ2v) is 9.05. The number of benzene rings is 4. The molecule has 0 radical (unpaired) electrons. The molecule has 7 rings (SSSR count). The monoisotopic (exact) mass is 425 g/mol. The lowest BCUT2D eigenvalue weighted by Gasteiger charge is -2.19. The van der Waals surface area contributed by atoms with E-state index >= 15 is 0 Å². The molecule has 0 amide bonds. The second-order valence-electron chi connectivity index (χ2n) is 9.05. The average molecular weight is 426 g/mol. The number of fused-ring (bicyclic) bond motifs is 6. The molecule has 0 fully saturated rings. The van der Waals surface area contributed by atoms with Gasteiger partial charge in [-0.1, -0.05) is 66.2 Å². The van der Waals surface area contributed by atoms with E-state index in [4.69, 9.17) is 4.74 Å². The van der Waals surface area contributed by atoms with Gasteiger partial charge in [0.05, 0.1) is 11.0 Å². The van der Waals surface area contributed by atoms with Crippen molar-refractivity contribution >= 4 is 27.4 Å². The summed E-state index contributed by atoms with van der Waals surface area (Å²) in [6, 6.07) is 32.7. The molecule has 2 aliphatic rings. The van der Waals surface area contributed by atoms with E-state index in [1.54, 1.807) is 0 Å². The summed E-state index contributed by atoms with van der Waals surface area (Å²) in [7, 11) is 0. The molecule has 0 saturated heterocycles. The first-order valence-corrected chi connectivity index (χ1v) is 11.5. The summed E-state index contributed by atoms with van der Waals surface area (Å²) in [4.78, 5) is 0. The van der Waals surface area contributed by atoms with E-state index in [1.807, 2.05) is 6.07 Å². The van der Waals surface area contributed by atoms with Gasteiger partial charge in [-0.25, -0.2) is 0 Å². The van der Waals surface area contributed by atoms with Crippen LogP contribution in [0.1, 0.15) is 22.6 Å². The fraction of sp³-hybridized carbons (Fsp3) is 0.0968. The van der Waals surface area contributed by atoms with Gasteiger partial charge in [0, 0.05) is 27.9 Å². The summed E-state index contributed by atoms with van der Waals surface area (Å²) in [5, 5.41) is 2.58. The quantitative estimate of drug-likeness (QED) is 0.284. The first-order chi connectivity index (χ1) is 16.3. The molecule has 1 aromatic heterocycles. The molecule has 33 heavy (non-hydrogen) atoms. The van der Waals surface area contributed by atoms with E-state index in [9.17, 15) is 0 Å². The Morgan fingerprint density at radius 1 is 0.758 bits per heavy atom. The fourth-order valence-electron chi connectivity index (χ4n) is 5.42. The molecule has 2 nitrogen and oxygen atoms in total. The van der Waals surface area contributed by atoms with E-state index in [0.717, 1.165) is 5.75 Å². The molecule has 2 atom stereocenters. The Kier molecular flexibility index (Phi) is 3.92. The summed E-state index contributed by atoms with van der Waals surface area (Å²) in [6.45, 7) is 2.17. The molecule has 1 aliphatic carbocycles. The highest BCUT2D eigenvalue weighted by molar-refractivity contribution is 6.10. The Bertz CT molecular complexity index is 1600.